The lowest BCUT2D eigenvalue weighted by Crippen LogP contribution is -2.06. The van der Waals surface area contributed by atoms with Gasteiger partial charge in [-0.05, 0) is 24.0 Å². The Labute approximate surface area is 118 Å². The Bertz CT molecular complexity index is 494. The molecule has 0 radical (unpaired) electrons. The third kappa shape index (κ3) is 4.39. The highest BCUT2D eigenvalue weighted by Crippen LogP contribution is 2.16. The molecule has 2 unspecified atom stereocenters. The van der Waals surface area contributed by atoms with Gasteiger partial charge in [0.2, 0.25) is 0 Å². The minimum absolute atomic E-state index is 0.190. The zero-order valence-corrected chi connectivity index (χ0v) is 11.5. The van der Waals surface area contributed by atoms with Crippen LogP contribution >= 0.6 is 0 Å². The second-order valence-electron chi connectivity index (χ2n) is 4.64. The van der Waals surface area contributed by atoms with E-state index in [1.807, 2.05) is 0 Å². The topological polar surface area (TPSA) is 74.6 Å². The third-order valence-electron chi connectivity index (χ3n) is 3.16. The highest BCUT2D eigenvalue weighted by atomic mass is 16.4. The molecule has 0 spiro atoms. The number of benzene rings is 1. The maximum absolute atomic E-state index is 10.5. The van der Waals surface area contributed by atoms with Crippen LogP contribution in [0.4, 0.5) is 0 Å². The molecule has 2 atom stereocenters. The Morgan fingerprint density at radius 1 is 0.850 bits per heavy atom. The summed E-state index contributed by atoms with van der Waals surface area (Å²) in [7, 11) is 0. The van der Waals surface area contributed by atoms with E-state index >= 15 is 0 Å². The summed E-state index contributed by atoms with van der Waals surface area (Å²) in [6, 6.07) is 5.48. The minimum atomic E-state index is -1.23. The molecule has 106 valence electrons. The molecule has 0 aromatic heterocycles. The predicted molar refractivity (Wildman–Crippen MR) is 77.0 cm³/mol. The van der Waals surface area contributed by atoms with Gasteiger partial charge in [0, 0.05) is 0 Å². The summed E-state index contributed by atoms with van der Waals surface area (Å²) in [6.07, 6.45) is 8.71. The number of rotatable bonds is 2. The van der Waals surface area contributed by atoms with Gasteiger partial charge < -0.3 is 10.2 Å². The smallest absolute Gasteiger partial charge is 0.336 e. The van der Waals surface area contributed by atoms with Crippen molar-refractivity contribution in [2.75, 3.05) is 0 Å². The van der Waals surface area contributed by atoms with Crippen molar-refractivity contribution >= 4 is 11.9 Å². The molecule has 4 heteroatoms. The summed E-state index contributed by atoms with van der Waals surface area (Å²) < 4.78 is 0. The second kappa shape index (κ2) is 7.28. The Kier molecular flexibility index (Phi) is 5.72. The van der Waals surface area contributed by atoms with E-state index in [0.717, 1.165) is 11.8 Å². The summed E-state index contributed by atoms with van der Waals surface area (Å²) in [5.74, 6) is -0.985. The van der Waals surface area contributed by atoms with E-state index < -0.39 is 11.9 Å². The Morgan fingerprint density at radius 3 is 1.45 bits per heavy atom. The van der Waals surface area contributed by atoms with Gasteiger partial charge >= 0.3 is 11.9 Å². The molecule has 0 saturated carbocycles. The number of carboxylic acid groups (broad SMARTS) is 2. The van der Waals surface area contributed by atoms with Crippen molar-refractivity contribution in [2.45, 2.75) is 13.8 Å². The fourth-order valence-corrected chi connectivity index (χ4v) is 1.69. The SMILES string of the molecule is CC1C=CC=CC1C.O=C(O)c1ccccc1C(=O)O. The lowest BCUT2D eigenvalue weighted by Gasteiger charge is -2.13. The van der Waals surface area contributed by atoms with E-state index in [4.69, 9.17) is 10.2 Å². The maximum atomic E-state index is 10.5. The largest absolute Gasteiger partial charge is 0.478 e. The molecule has 1 aliphatic rings. The highest BCUT2D eigenvalue weighted by molar-refractivity contribution is 6.01. The number of hydrogen-bond donors (Lipinski definition) is 2. The second-order valence-corrected chi connectivity index (χ2v) is 4.64. The van der Waals surface area contributed by atoms with Crippen molar-refractivity contribution in [1.29, 1.82) is 0 Å². The summed E-state index contributed by atoms with van der Waals surface area (Å²) in [5, 5.41) is 17.1. The number of aromatic carboxylic acids is 2. The van der Waals surface area contributed by atoms with Crippen LogP contribution in [-0.4, -0.2) is 22.2 Å². The molecule has 0 fully saturated rings. The Balaban J connectivity index is 0.000000217. The zero-order chi connectivity index (χ0) is 15.1. The van der Waals surface area contributed by atoms with E-state index in [1.54, 1.807) is 0 Å². The van der Waals surface area contributed by atoms with Crippen molar-refractivity contribution in [3.8, 4) is 0 Å². The molecule has 0 bridgehead atoms. The van der Waals surface area contributed by atoms with E-state index in [-0.39, 0.29) is 11.1 Å². The molecule has 1 aromatic carbocycles. The van der Waals surface area contributed by atoms with Crippen molar-refractivity contribution < 1.29 is 19.8 Å². The van der Waals surface area contributed by atoms with Gasteiger partial charge in [-0.15, -0.1) is 0 Å². The van der Waals surface area contributed by atoms with Crippen LogP contribution in [0, 0.1) is 11.8 Å². The Morgan fingerprint density at radius 2 is 1.20 bits per heavy atom. The van der Waals surface area contributed by atoms with Crippen LogP contribution in [0.15, 0.2) is 48.6 Å². The third-order valence-corrected chi connectivity index (χ3v) is 3.16. The highest BCUT2D eigenvalue weighted by Gasteiger charge is 2.13. The van der Waals surface area contributed by atoms with Gasteiger partial charge in [-0.2, -0.15) is 0 Å². The lowest BCUT2D eigenvalue weighted by atomic mass is 9.92. The molecule has 0 amide bonds. The molecule has 1 aromatic rings. The standard InChI is InChI=1S/C8H6O4.C8H12/c9-7(10)5-3-1-2-4-6(5)8(11)12;1-7-5-3-4-6-8(7)2/h1-4H,(H,9,10)(H,11,12);3-8H,1-2H3. The molecule has 0 heterocycles. The van der Waals surface area contributed by atoms with Gasteiger partial charge in [0.1, 0.15) is 0 Å². The minimum Gasteiger partial charge on any atom is -0.478 e. The summed E-state index contributed by atoms with van der Waals surface area (Å²) >= 11 is 0. The first-order valence-electron chi connectivity index (χ1n) is 6.34. The first-order chi connectivity index (χ1) is 9.43. The Hall–Kier alpha value is -2.36. The van der Waals surface area contributed by atoms with Crippen molar-refractivity contribution in [2.24, 2.45) is 11.8 Å². The van der Waals surface area contributed by atoms with Crippen LogP contribution in [0.1, 0.15) is 34.6 Å². The average molecular weight is 274 g/mol. The van der Waals surface area contributed by atoms with Crippen LogP contribution in [0.3, 0.4) is 0 Å². The molecule has 0 aliphatic heterocycles. The fraction of sp³-hybridized carbons (Fsp3) is 0.250. The van der Waals surface area contributed by atoms with E-state index in [9.17, 15) is 9.59 Å². The van der Waals surface area contributed by atoms with E-state index in [0.29, 0.717) is 0 Å². The van der Waals surface area contributed by atoms with Gasteiger partial charge in [0.15, 0.2) is 0 Å². The molecule has 2 rings (SSSR count). The molecule has 0 saturated heterocycles. The quantitative estimate of drug-likeness (QED) is 0.866. The fourth-order valence-electron chi connectivity index (χ4n) is 1.69. The van der Waals surface area contributed by atoms with E-state index in [2.05, 4.69) is 38.2 Å². The van der Waals surface area contributed by atoms with Crippen molar-refractivity contribution in [3.05, 3.63) is 59.7 Å². The number of carbonyl (C=O) groups is 2. The summed E-state index contributed by atoms with van der Waals surface area (Å²) in [4.78, 5) is 20.9. The molecular weight excluding hydrogens is 256 g/mol. The first kappa shape index (κ1) is 15.7. The van der Waals surface area contributed by atoms with Crippen LogP contribution < -0.4 is 0 Å². The van der Waals surface area contributed by atoms with Gasteiger partial charge in [-0.3, -0.25) is 0 Å². The summed E-state index contributed by atoms with van der Waals surface area (Å²) in [6.45, 7) is 4.48. The molecule has 20 heavy (non-hydrogen) atoms. The number of carboxylic acids is 2. The van der Waals surface area contributed by atoms with Gasteiger partial charge in [0.05, 0.1) is 11.1 Å². The number of allylic oxidation sites excluding steroid dienone is 4. The van der Waals surface area contributed by atoms with Gasteiger partial charge in [-0.25, -0.2) is 9.59 Å². The van der Waals surface area contributed by atoms with Crippen molar-refractivity contribution in [3.63, 3.8) is 0 Å². The zero-order valence-electron chi connectivity index (χ0n) is 11.5. The van der Waals surface area contributed by atoms with Crippen molar-refractivity contribution in [1.82, 2.24) is 0 Å². The molecule has 4 nitrogen and oxygen atoms in total. The predicted octanol–water partition coefficient (Wildman–Crippen LogP) is 3.47. The van der Waals surface area contributed by atoms with Gasteiger partial charge in [-0.1, -0.05) is 50.3 Å². The first-order valence-corrected chi connectivity index (χ1v) is 6.34. The lowest BCUT2D eigenvalue weighted by molar-refractivity contribution is 0.0651. The normalized spacial score (nSPS) is 19.9. The van der Waals surface area contributed by atoms with Crippen LogP contribution in [0.25, 0.3) is 0 Å². The molecule has 2 N–H and O–H groups in total. The average Bonchev–Trinajstić information content (AvgIpc) is 2.43. The van der Waals surface area contributed by atoms with Crippen LogP contribution in [-0.2, 0) is 0 Å². The van der Waals surface area contributed by atoms with Crippen LogP contribution in [0.2, 0.25) is 0 Å². The van der Waals surface area contributed by atoms with E-state index in [1.165, 1.54) is 24.3 Å². The number of hydrogen-bond acceptors (Lipinski definition) is 2. The summed E-state index contributed by atoms with van der Waals surface area (Å²) in [5.41, 5.74) is -0.380. The van der Waals surface area contributed by atoms with Crippen LogP contribution in [0.5, 0.6) is 0 Å². The molecule has 1 aliphatic carbocycles. The monoisotopic (exact) mass is 274 g/mol. The molecular formula is C16H18O4. The maximum Gasteiger partial charge on any atom is 0.336 e. The van der Waals surface area contributed by atoms with Gasteiger partial charge in [0.25, 0.3) is 0 Å².